The average molecular weight is 302 g/mol. The molecule has 0 amide bonds. The number of esters is 2. The molecular formula is C12H18F4O4. The molecule has 0 rings (SSSR count). The van der Waals surface area contributed by atoms with Gasteiger partial charge in [-0.1, -0.05) is 6.92 Å². The van der Waals surface area contributed by atoms with Crippen LogP contribution in [0, 0.1) is 5.41 Å². The van der Waals surface area contributed by atoms with Crippen molar-refractivity contribution in [2.24, 2.45) is 5.41 Å². The summed E-state index contributed by atoms with van der Waals surface area (Å²) in [5.74, 6) is -3.18. The zero-order valence-corrected chi connectivity index (χ0v) is 11.9. The molecule has 8 heteroatoms. The minimum absolute atomic E-state index is 0.280. The van der Waals surface area contributed by atoms with Crippen LogP contribution in [0.1, 0.15) is 34.1 Å². The van der Waals surface area contributed by atoms with E-state index in [1.807, 2.05) is 0 Å². The van der Waals surface area contributed by atoms with Gasteiger partial charge in [-0.3, -0.25) is 4.79 Å². The molecule has 0 heterocycles. The fraction of sp³-hybridized carbons (Fsp3) is 0.833. The molecule has 0 aromatic heterocycles. The van der Waals surface area contributed by atoms with E-state index in [1.165, 1.54) is 13.8 Å². The number of carbonyl (C=O) groups is 2. The molecule has 0 aliphatic rings. The third-order valence-electron chi connectivity index (χ3n) is 3.18. The van der Waals surface area contributed by atoms with Crippen LogP contribution >= 0.6 is 0 Å². The lowest BCUT2D eigenvalue weighted by Gasteiger charge is -2.32. The summed E-state index contributed by atoms with van der Waals surface area (Å²) in [6, 6.07) is 0. The first-order valence-corrected chi connectivity index (χ1v) is 5.89. The Morgan fingerprint density at radius 1 is 1.10 bits per heavy atom. The molecule has 2 unspecified atom stereocenters. The van der Waals surface area contributed by atoms with E-state index in [0.717, 1.165) is 0 Å². The molecule has 2 atom stereocenters. The van der Waals surface area contributed by atoms with Crippen LogP contribution in [-0.4, -0.2) is 37.0 Å². The topological polar surface area (TPSA) is 52.6 Å². The summed E-state index contributed by atoms with van der Waals surface area (Å²) >= 11 is 0. The Bertz CT molecular complexity index is 378. The first kappa shape index (κ1) is 18.7. The third-order valence-corrected chi connectivity index (χ3v) is 3.18. The van der Waals surface area contributed by atoms with Crippen molar-refractivity contribution in [1.29, 1.82) is 0 Å². The first-order chi connectivity index (χ1) is 8.84. The van der Waals surface area contributed by atoms with E-state index in [4.69, 9.17) is 0 Å². The lowest BCUT2D eigenvalue weighted by molar-refractivity contribution is -0.263. The number of hydrogen-bond acceptors (Lipinski definition) is 4. The maximum Gasteiger partial charge on any atom is 0.437 e. The summed E-state index contributed by atoms with van der Waals surface area (Å²) < 4.78 is 60.6. The summed E-state index contributed by atoms with van der Waals surface area (Å²) in [4.78, 5) is 22.8. The smallest absolute Gasteiger partial charge is 0.437 e. The van der Waals surface area contributed by atoms with Gasteiger partial charge in [0.2, 0.25) is 0 Å². The normalized spacial score (nSPS) is 17.1. The van der Waals surface area contributed by atoms with Gasteiger partial charge in [-0.2, -0.15) is 13.2 Å². The summed E-state index contributed by atoms with van der Waals surface area (Å²) in [5, 5.41) is 0. The van der Waals surface area contributed by atoms with Crippen molar-refractivity contribution < 1.29 is 36.6 Å². The van der Waals surface area contributed by atoms with Gasteiger partial charge < -0.3 is 9.47 Å². The maximum absolute atomic E-state index is 14.1. The molecule has 4 nitrogen and oxygen atoms in total. The monoisotopic (exact) mass is 302 g/mol. The molecule has 0 saturated heterocycles. The number of halogens is 4. The Balaban J connectivity index is 5.35. The van der Waals surface area contributed by atoms with Crippen LogP contribution in [0.4, 0.5) is 17.6 Å². The van der Waals surface area contributed by atoms with E-state index in [9.17, 15) is 27.2 Å². The van der Waals surface area contributed by atoms with E-state index in [2.05, 4.69) is 9.47 Å². The van der Waals surface area contributed by atoms with Crippen molar-refractivity contribution in [1.82, 2.24) is 0 Å². The van der Waals surface area contributed by atoms with Crippen LogP contribution in [0.2, 0.25) is 0 Å². The van der Waals surface area contributed by atoms with Crippen molar-refractivity contribution in [2.45, 2.75) is 52.1 Å². The van der Waals surface area contributed by atoms with Gasteiger partial charge in [0.25, 0.3) is 0 Å². The molecule has 0 aromatic carbocycles. The Morgan fingerprint density at radius 2 is 1.55 bits per heavy atom. The molecule has 0 aliphatic heterocycles. The second-order valence-corrected chi connectivity index (χ2v) is 4.99. The second-order valence-electron chi connectivity index (χ2n) is 4.99. The van der Waals surface area contributed by atoms with Gasteiger partial charge in [0.15, 0.2) is 6.10 Å². The number of hydrogen-bond donors (Lipinski definition) is 0. The van der Waals surface area contributed by atoms with Crippen LogP contribution in [0.3, 0.4) is 0 Å². The molecule has 0 fully saturated rings. The molecule has 0 aromatic rings. The van der Waals surface area contributed by atoms with E-state index >= 15 is 0 Å². The molecule has 0 saturated carbocycles. The van der Waals surface area contributed by atoms with Gasteiger partial charge in [-0.05, 0) is 27.2 Å². The second kappa shape index (κ2) is 5.97. The average Bonchev–Trinajstić information content (AvgIpc) is 2.34. The van der Waals surface area contributed by atoms with Crippen LogP contribution in [0.25, 0.3) is 0 Å². The molecule has 20 heavy (non-hydrogen) atoms. The van der Waals surface area contributed by atoms with E-state index in [1.54, 1.807) is 6.92 Å². The van der Waals surface area contributed by atoms with Crippen LogP contribution < -0.4 is 0 Å². The summed E-state index contributed by atoms with van der Waals surface area (Å²) in [6.07, 6.45) is -7.63. The number of carbonyl (C=O) groups excluding carboxylic acids is 2. The van der Waals surface area contributed by atoms with Gasteiger partial charge in [-0.15, -0.1) is 0 Å². The quantitative estimate of drug-likeness (QED) is 0.579. The van der Waals surface area contributed by atoms with Crippen molar-refractivity contribution >= 4 is 11.9 Å². The Hall–Kier alpha value is -1.34. The highest BCUT2D eigenvalue weighted by atomic mass is 19.4. The lowest BCUT2D eigenvalue weighted by atomic mass is 9.90. The van der Waals surface area contributed by atoms with Gasteiger partial charge in [0.1, 0.15) is 0 Å². The highest BCUT2D eigenvalue weighted by molar-refractivity contribution is 5.82. The van der Waals surface area contributed by atoms with E-state index in [0.29, 0.717) is 14.0 Å². The largest absolute Gasteiger partial charge is 0.466 e. The van der Waals surface area contributed by atoms with Crippen molar-refractivity contribution in [3.05, 3.63) is 0 Å². The predicted octanol–water partition coefficient (Wildman–Crippen LogP) is 2.80. The van der Waals surface area contributed by atoms with Gasteiger partial charge >= 0.3 is 23.8 Å². The highest BCUT2D eigenvalue weighted by Gasteiger charge is 2.68. The summed E-state index contributed by atoms with van der Waals surface area (Å²) in [7, 11) is 0.618. The fourth-order valence-corrected chi connectivity index (χ4v) is 1.21. The maximum atomic E-state index is 14.1. The van der Waals surface area contributed by atoms with Gasteiger partial charge in [0, 0.05) is 0 Å². The Labute approximate surface area is 114 Å². The number of rotatable bonds is 5. The molecule has 0 N–H and O–H groups in total. The molecule has 118 valence electrons. The zero-order chi connectivity index (χ0) is 16.4. The molecular weight excluding hydrogens is 284 g/mol. The molecule has 0 aliphatic carbocycles. The van der Waals surface area contributed by atoms with Gasteiger partial charge in [0.05, 0.1) is 12.5 Å². The fourth-order valence-electron chi connectivity index (χ4n) is 1.21. The SMILES string of the molecule is CCC(C)(C)C(=O)OC(C)C(F)(C(=O)OC)C(F)(F)F. The van der Waals surface area contributed by atoms with Crippen LogP contribution in [-0.2, 0) is 19.1 Å². The van der Waals surface area contributed by atoms with Crippen molar-refractivity contribution in [3.63, 3.8) is 0 Å². The summed E-state index contributed by atoms with van der Waals surface area (Å²) in [6.45, 7) is 5.16. The molecule has 0 spiro atoms. The van der Waals surface area contributed by atoms with Gasteiger partial charge in [-0.25, -0.2) is 9.18 Å². The Kier molecular flexibility index (Phi) is 5.57. The minimum Gasteiger partial charge on any atom is -0.466 e. The minimum atomic E-state index is -5.56. The predicted molar refractivity (Wildman–Crippen MR) is 61.5 cm³/mol. The lowest BCUT2D eigenvalue weighted by Crippen LogP contribution is -2.58. The van der Waals surface area contributed by atoms with Crippen molar-refractivity contribution in [3.8, 4) is 0 Å². The highest BCUT2D eigenvalue weighted by Crippen LogP contribution is 2.40. The van der Waals surface area contributed by atoms with Crippen LogP contribution in [0.15, 0.2) is 0 Å². The standard InChI is InChI=1S/C12H18F4O4/c1-6-10(3,4)8(17)20-7(2)11(13,9(18)19-5)12(14,15)16/h7H,6H2,1-5H3. The first-order valence-electron chi connectivity index (χ1n) is 5.89. The number of alkyl halides is 4. The van der Waals surface area contributed by atoms with Crippen LogP contribution in [0.5, 0.6) is 0 Å². The third kappa shape index (κ3) is 3.40. The van der Waals surface area contributed by atoms with Crippen molar-refractivity contribution in [2.75, 3.05) is 7.11 Å². The van der Waals surface area contributed by atoms with E-state index in [-0.39, 0.29) is 6.42 Å². The summed E-state index contributed by atoms with van der Waals surface area (Å²) in [5.41, 5.74) is -5.49. The Morgan fingerprint density at radius 3 is 1.85 bits per heavy atom. The van der Waals surface area contributed by atoms with E-state index < -0.39 is 35.3 Å². The molecule has 0 bridgehead atoms. The number of ether oxygens (including phenoxy) is 2. The molecule has 0 radical (unpaired) electrons. The number of methoxy groups -OCH3 is 1. The zero-order valence-electron chi connectivity index (χ0n) is 11.9.